The maximum Gasteiger partial charge on any atom is 0.338 e. The van der Waals surface area contributed by atoms with Gasteiger partial charge in [0.25, 0.3) is 5.91 Å². The van der Waals surface area contributed by atoms with Crippen molar-refractivity contribution in [1.29, 1.82) is 0 Å². The van der Waals surface area contributed by atoms with Gasteiger partial charge in [-0.2, -0.15) is 0 Å². The summed E-state index contributed by atoms with van der Waals surface area (Å²) >= 11 is 0. The van der Waals surface area contributed by atoms with E-state index in [1.54, 1.807) is 36.4 Å². The zero-order valence-electron chi connectivity index (χ0n) is 14.4. The summed E-state index contributed by atoms with van der Waals surface area (Å²) in [6.45, 7) is 3.84. The van der Waals surface area contributed by atoms with Gasteiger partial charge in [0, 0.05) is 0 Å². The first-order valence-corrected chi connectivity index (χ1v) is 8.15. The minimum Gasteiger partial charge on any atom is -0.492 e. The van der Waals surface area contributed by atoms with E-state index in [1.165, 1.54) is 13.3 Å². The lowest BCUT2D eigenvalue weighted by molar-refractivity contribution is -0.123. The molecule has 1 amide bonds. The van der Waals surface area contributed by atoms with Gasteiger partial charge in [0.1, 0.15) is 11.3 Å². The van der Waals surface area contributed by atoms with Gasteiger partial charge in [-0.05, 0) is 44.2 Å². The molecule has 0 fully saturated rings. The van der Waals surface area contributed by atoms with Crippen LogP contribution >= 0.6 is 0 Å². The lowest BCUT2D eigenvalue weighted by Crippen LogP contribution is -2.30. The van der Waals surface area contributed by atoms with Gasteiger partial charge >= 0.3 is 5.97 Å². The highest BCUT2D eigenvalue weighted by Gasteiger charge is 2.20. The zero-order valence-corrected chi connectivity index (χ0v) is 14.4. The fourth-order valence-electron chi connectivity index (χ4n) is 2.35. The van der Waals surface area contributed by atoms with Crippen molar-refractivity contribution in [3.05, 3.63) is 54.4 Å². The number of nitrogens with zero attached hydrogens (tertiary/aromatic N) is 1. The van der Waals surface area contributed by atoms with Gasteiger partial charge in [-0.25, -0.2) is 9.78 Å². The largest absolute Gasteiger partial charge is 0.492 e. The molecule has 0 bridgehead atoms. The molecule has 1 heterocycles. The van der Waals surface area contributed by atoms with Crippen LogP contribution in [0.15, 0.2) is 53.3 Å². The molecule has 3 aromatic rings. The van der Waals surface area contributed by atoms with Crippen LogP contribution in [0.25, 0.3) is 11.1 Å². The third-order valence-corrected chi connectivity index (χ3v) is 3.66. The number of oxazole rings is 1. The van der Waals surface area contributed by atoms with Crippen LogP contribution in [0, 0.1) is 0 Å². The fraction of sp³-hybridized carbons (Fsp3) is 0.211. The summed E-state index contributed by atoms with van der Waals surface area (Å²) < 4.78 is 15.8. The second kappa shape index (κ2) is 7.69. The normalized spacial score (nSPS) is 11.8. The van der Waals surface area contributed by atoms with E-state index in [9.17, 15) is 9.59 Å². The standard InChI is InChI=1S/C19H18N2O5/c1-3-24-16-7-5-4-6-14(16)21-18(22)12(2)26-19(23)13-8-9-17-15(10-13)20-11-25-17/h4-12H,3H2,1-2H3,(H,21,22). The highest BCUT2D eigenvalue weighted by molar-refractivity contribution is 5.99. The number of anilines is 1. The third-order valence-electron chi connectivity index (χ3n) is 3.66. The Morgan fingerprint density at radius 3 is 2.85 bits per heavy atom. The molecule has 0 saturated heterocycles. The molecule has 134 valence electrons. The number of benzene rings is 2. The minimum atomic E-state index is -0.981. The van der Waals surface area contributed by atoms with Crippen LogP contribution in [-0.2, 0) is 9.53 Å². The van der Waals surface area contributed by atoms with E-state index in [0.717, 1.165) is 0 Å². The molecule has 1 unspecified atom stereocenters. The Kier molecular flexibility index (Phi) is 5.17. The van der Waals surface area contributed by atoms with Crippen molar-refractivity contribution < 1.29 is 23.5 Å². The van der Waals surface area contributed by atoms with Gasteiger partial charge < -0.3 is 19.2 Å². The van der Waals surface area contributed by atoms with E-state index < -0.39 is 18.0 Å². The van der Waals surface area contributed by atoms with E-state index in [-0.39, 0.29) is 0 Å². The van der Waals surface area contributed by atoms with E-state index in [0.29, 0.717) is 34.7 Å². The van der Waals surface area contributed by atoms with E-state index in [4.69, 9.17) is 13.9 Å². The number of fused-ring (bicyclic) bond motifs is 1. The first-order valence-electron chi connectivity index (χ1n) is 8.15. The highest BCUT2D eigenvalue weighted by Crippen LogP contribution is 2.24. The first kappa shape index (κ1) is 17.5. The number of nitrogens with one attached hydrogen (secondary N) is 1. The predicted molar refractivity (Wildman–Crippen MR) is 95.1 cm³/mol. The van der Waals surface area contributed by atoms with E-state index in [2.05, 4.69) is 10.3 Å². The van der Waals surface area contributed by atoms with Gasteiger partial charge in [-0.15, -0.1) is 0 Å². The van der Waals surface area contributed by atoms with Crippen LogP contribution in [-0.4, -0.2) is 29.6 Å². The molecule has 0 spiro atoms. The fourth-order valence-corrected chi connectivity index (χ4v) is 2.35. The van der Waals surface area contributed by atoms with Gasteiger partial charge in [0.05, 0.1) is 17.9 Å². The second-order valence-electron chi connectivity index (χ2n) is 5.50. The molecule has 2 aromatic carbocycles. The molecule has 3 rings (SSSR count). The predicted octanol–water partition coefficient (Wildman–Crippen LogP) is 3.41. The number of carbonyl (C=O) groups is 2. The number of rotatable bonds is 6. The number of hydrogen-bond acceptors (Lipinski definition) is 6. The maximum atomic E-state index is 12.3. The van der Waals surface area contributed by atoms with Crippen LogP contribution < -0.4 is 10.1 Å². The van der Waals surface area contributed by atoms with Crippen molar-refractivity contribution in [3.63, 3.8) is 0 Å². The van der Waals surface area contributed by atoms with Crippen LogP contribution in [0.5, 0.6) is 5.75 Å². The van der Waals surface area contributed by atoms with Crippen molar-refractivity contribution in [1.82, 2.24) is 4.98 Å². The molecule has 0 aliphatic carbocycles. The summed E-state index contributed by atoms with van der Waals surface area (Å²) in [7, 11) is 0. The molecular formula is C19H18N2O5. The van der Waals surface area contributed by atoms with Gasteiger partial charge in [0.15, 0.2) is 18.1 Å². The molecule has 1 aromatic heterocycles. The number of aromatic nitrogens is 1. The average Bonchev–Trinajstić information content (AvgIpc) is 3.11. The number of amides is 1. The van der Waals surface area contributed by atoms with Gasteiger partial charge in [-0.1, -0.05) is 12.1 Å². The zero-order chi connectivity index (χ0) is 18.5. The Morgan fingerprint density at radius 1 is 1.23 bits per heavy atom. The molecule has 0 radical (unpaired) electrons. The summed E-state index contributed by atoms with van der Waals surface area (Å²) in [6, 6.07) is 11.8. The van der Waals surface area contributed by atoms with Crippen LogP contribution in [0.2, 0.25) is 0 Å². The first-order chi connectivity index (χ1) is 12.6. The Balaban J connectivity index is 1.66. The number of carbonyl (C=O) groups excluding carboxylic acids is 2. The maximum absolute atomic E-state index is 12.3. The van der Waals surface area contributed by atoms with E-state index >= 15 is 0 Å². The Hall–Kier alpha value is -3.35. The lowest BCUT2D eigenvalue weighted by atomic mass is 10.2. The summed E-state index contributed by atoms with van der Waals surface area (Å²) in [4.78, 5) is 28.6. The molecule has 7 nitrogen and oxygen atoms in total. The molecule has 0 aliphatic rings. The Labute approximate surface area is 149 Å². The molecule has 0 aliphatic heterocycles. The molecular weight excluding hydrogens is 336 g/mol. The molecule has 26 heavy (non-hydrogen) atoms. The number of hydrogen-bond donors (Lipinski definition) is 1. The average molecular weight is 354 g/mol. The number of para-hydroxylation sites is 2. The highest BCUT2D eigenvalue weighted by atomic mass is 16.5. The molecule has 1 N–H and O–H groups in total. The van der Waals surface area contributed by atoms with Crippen LogP contribution in [0.3, 0.4) is 0 Å². The summed E-state index contributed by atoms with van der Waals surface area (Å²) in [5.41, 5.74) is 1.93. The molecule has 1 atom stereocenters. The monoisotopic (exact) mass is 354 g/mol. The summed E-state index contributed by atoms with van der Waals surface area (Å²) in [5, 5.41) is 2.71. The lowest BCUT2D eigenvalue weighted by Gasteiger charge is -2.15. The van der Waals surface area contributed by atoms with Crippen molar-refractivity contribution in [2.45, 2.75) is 20.0 Å². The summed E-state index contributed by atoms with van der Waals surface area (Å²) in [5.74, 6) is -0.512. The Morgan fingerprint density at radius 2 is 2.04 bits per heavy atom. The quantitative estimate of drug-likeness (QED) is 0.682. The van der Waals surface area contributed by atoms with Crippen molar-refractivity contribution >= 4 is 28.7 Å². The van der Waals surface area contributed by atoms with Crippen molar-refractivity contribution in [2.24, 2.45) is 0 Å². The van der Waals surface area contributed by atoms with E-state index in [1.807, 2.05) is 13.0 Å². The Bertz CT molecular complexity index is 934. The summed E-state index contributed by atoms with van der Waals surface area (Å²) in [6.07, 6.45) is 0.316. The van der Waals surface area contributed by atoms with Crippen LogP contribution in [0.4, 0.5) is 5.69 Å². The number of ether oxygens (including phenoxy) is 2. The third kappa shape index (κ3) is 3.83. The minimum absolute atomic E-state index is 0.292. The topological polar surface area (TPSA) is 90.7 Å². The van der Waals surface area contributed by atoms with Crippen molar-refractivity contribution in [2.75, 3.05) is 11.9 Å². The SMILES string of the molecule is CCOc1ccccc1NC(=O)C(C)OC(=O)c1ccc2ocnc2c1. The molecule has 7 heteroatoms. The molecule has 0 saturated carbocycles. The van der Waals surface area contributed by atoms with Crippen molar-refractivity contribution in [3.8, 4) is 5.75 Å². The number of esters is 1. The van der Waals surface area contributed by atoms with Gasteiger partial charge in [-0.3, -0.25) is 4.79 Å². The van der Waals surface area contributed by atoms with Gasteiger partial charge in [0.2, 0.25) is 0 Å². The second-order valence-corrected chi connectivity index (χ2v) is 5.50. The van der Waals surface area contributed by atoms with Crippen LogP contribution in [0.1, 0.15) is 24.2 Å². The smallest absolute Gasteiger partial charge is 0.338 e.